The van der Waals surface area contributed by atoms with Crippen molar-refractivity contribution < 1.29 is 21.5 Å². The van der Waals surface area contributed by atoms with Crippen molar-refractivity contribution in [1.29, 1.82) is 0 Å². The van der Waals surface area contributed by atoms with E-state index < -0.39 is 0 Å². The zero-order valence-corrected chi connectivity index (χ0v) is 9.82. The molecule has 0 atom stereocenters. The molecular formula is C9H11IN3-. The second-order valence-electron chi connectivity index (χ2n) is 2.71. The predicted molar refractivity (Wildman–Crippen MR) is 48.2 cm³/mol. The number of halogens is 1. The van der Waals surface area contributed by atoms with Crippen LogP contribution < -0.4 is 21.5 Å². The molecule has 0 unspecified atom stereocenters. The third kappa shape index (κ3) is 1.54. The summed E-state index contributed by atoms with van der Waals surface area (Å²) in [7, 11) is 0. The van der Waals surface area contributed by atoms with E-state index in [1.807, 2.05) is 6.92 Å². The molecule has 0 aliphatic rings. The molecule has 0 aliphatic heterocycles. The molecule has 0 N–H and O–H groups in total. The molecule has 0 spiro atoms. The molecule has 3 nitrogen and oxygen atoms in total. The maximum absolute atomic E-state index is 4.30. The van der Waals surface area contributed by atoms with E-state index in [9.17, 15) is 0 Å². The Hall–Kier alpha value is -0.650. The monoisotopic (exact) mass is 288 g/mol. The number of aromatic nitrogens is 3. The third-order valence-electron chi connectivity index (χ3n) is 1.88. The van der Waals surface area contributed by atoms with Crippen LogP contribution in [0.5, 0.6) is 0 Å². The molecular weight excluding hydrogens is 277 g/mol. The molecule has 0 aromatic carbocycles. The first-order chi connectivity index (χ1) is 6.33. The van der Waals surface area contributed by atoms with Crippen molar-refractivity contribution in [3.8, 4) is 0 Å². The van der Waals surface area contributed by atoms with E-state index in [2.05, 4.69) is 31.9 Å². The zero-order chi connectivity index (χ0) is 9.26. The number of hydrogen-bond acceptors (Lipinski definition) is 2. The average Bonchev–Trinajstić information content (AvgIpc) is 2.51. The Morgan fingerprint density at radius 1 is 1.46 bits per heavy atom. The summed E-state index contributed by atoms with van der Waals surface area (Å²) in [5.41, 5.74) is 2.17. The average molecular weight is 288 g/mol. The van der Waals surface area contributed by atoms with E-state index in [0.717, 1.165) is 11.3 Å². The van der Waals surface area contributed by atoms with Gasteiger partial charge in [0.15, 0.2) is 0 Å². The Labute approximate surface area is 87.8 Å². The van der Waals surface area contributed by atoms with Crippen molar-refractivity contribution in [2.75, 3.05) is 4.43 Å². The van der Waals surface area contributed by atoms with E-state index in [1.54, 1.807) is 6.33 Å². The number of hydrogen-bond donors (Lipinski definition) is 0. The Bertz CT molecular complexity index is 422. The Kier molecular flexibility index (Phi) is 2.48. The van der Waals surface area contributed by atoms with Crippen molar-refractivity contribution in [3.63, 3.8) is 0 Å². The van der Waals surface area contributed by atoms with Gasteiger partial charge in [-0.3, -0.25) is 0 Å². The molecule has 70 valence electrons. The van der Waals surface area contributed by atoms with Crippen LogP contribution in [0.2, 0.25) is 0 Å². The number of aryl methyl sites for hydroxylation is 1. The van der Waals surface area contributed by atoms with Crippen molar-refractivity contribution in [3.05, 3.63) is 24.3 Å². The van der Waals surface area contributed by atoms with Crippen molar-refractivity contribution in [1.82, 2.24) is 12.7 Å². The van der Waals surface area contributed by atoms with Crippen LogP contribution in [0.15, 0.2) is 18.6 Å². The molecule has 0 aliphatic carbocycles. The van der Waals surface area contributed by atoms with Crippen LogP contribution in [-0.2, 0) is 0 Å². The van der Waals surface area contributed by atoms with E-state index in [1.165, 1.54) is 9.81 Å². The van der Waals surface area contributed by atoms with Gasteiger partial charge in [0.25, 0.3) is 0 Å². The number of rotatable bonds is 2. The summed E-state index contributed by atoms with van der Waals surface area (Å²) in [4.78, 5) is 8.47. The maximum atomic E-state index is 4.30. The molecule has 0 fully saturated rings. The van der Waals surface area contributed by atoms with Crippen LogP contribution >= 0.6 is 0 Å². The topological polar surface area (TPSA) is 30.7 Å². The molecule has 0 bridgehead atoms. The van der Waals surface area contributed by atoms with Crippen LogP contribution in [0, 0.1) is 6.92 Å². The molecule has 2 aromatic rings. The SMILES string of the molecule is CC[I-]n1ccc2c(C)ncnc21. The molecule has 0 amide bonds. The molecule has 0 radical (unpaired) electrons. The first kappa shape index (κ1) is 8.93. The Morgan fingerprint density at radius 3 is 3.08 bits per heavy atom. The van der Waals surface area contributed by atoms with Gasteiger partial charge in [-0.25, -0.2) is 0 Å². The Morgan fingerprint density at radius 2 is 2.31 bits per heavy atom. The van der Waals surface area contributed by atoms with Gasteiger partial charge in [-0.2, -0.15) is 0 Å². The first-order valence-corrected chi connectivity index (χ1v) is 6.70. The summed E-state index contributed by atoms with van der Waals surface area (Å²) in [6.07, 6.45) is 3.77. The van der Waals surface area contributed by atoms with Crippen molar-refractivity contribution >= 4 is 11.0 Å². The number of alkyl halides is 1. The van der Waals surface area contributed by atoms with Crippen LogP contribution in [0.25, 0.3) is 11.0 Å². The minimum atomic E-state index is 0.0789. The molecule has 4 heteroatoms. The van der Waals surface area contributed by atoms with Gasteiger partial charge in [-0.15, -0.1) is 0 Å². The van der Waals surface area contributed by atoms with Gasteiger partial charge in [0, 0.05) is 0 Å². The Balaban J connectivity index is 2.61. The van der Waals surface area contributed by atoms with Gasteiger partial charge in [-0.05, 0) is 0 Å². The van der Waals surface area contributed by atoms with Crippen LogP contribution in [0.4, 0.5) is 0 Å². The zero-order valence-electron chi connectivity index (χ0n) is 7.66. The van der Waals surface area contributed by atoms with Gasteiger partial charge in [0.1, 0.15) is 0 Å². The molecule has 0 saturated carbocycles. The van der Waals surface area contributed by atoms with Crippen LogP contribution in [0.1, 0.15) is 12.6 Å². The third-order valence-corrected chi connectivity index (χ3v) is 4.08. The summed E-state index contributed by atoms with van der Waals surface area (Å²) in [5, 5.41) is 1.19. The van der Waals surface area contributed by atoms with Gasteiger partial charge < -0.3 is 0 Å². The molecule has 2 rings (SSSR count). The molecule has 2 heterocycles. The normalized spacial score (nSPS) is 11.2. The van der Waals surface area contributed by atoms with E-state index in [-0.39, 0.29) is 21.5 Å². The first-order valence-electron chi connectivity index (χ1n) is 4.21. The van der Waals surface area contributed by atoms with Crippen molar-refractivity contribution in [2.45, 2.75) is 13.8 Å². The summed E-state index contributed by atoms with van der Waals surface area (Å²) < 4.78 is 3.52. The molecule has 13 heavy (non-hydrogen) atoms. The second kappa shape index (κ2) is 3.61. The standard InChI is InChI=1S/C9H11IN3/c1-3-10-13-5-4-8-7(2)11-6-12-9(8)13/h4-6H,3H2,1-2H3/q-1. The van der Waals surface area contributed by atoms with E-state index in [0.29, 0.717) is 0 Å². The number of nitrogens with zero attached hydrogens (tertiary/aromatic N) is 3. The minimum absolute atomic E-state index is 0.0789. The van der Waals surface area contributed by atoms with Gasteiger partial charge in [-0.1, -0.05) is 0 Å². The van der Waals surface area contributed by atoms with Gasteiger partial charge in [0.05, 0.1) is 0 Å². The molecule has 0 saturated heterocycles. The fourth-order valence-corrected chi connectivity index (χ4v) is 3.10. The predicted octanol–water partition coefficient (Wildman–Crippen LogP) is -1.39. The molecule has 2 aromatic heterocycles. The van der Waals surface area contributed by atoms with Crippen molar-refractivity contribution in [2.24, 2.45) is 0 Å². The summed E-state index contributed by atoms with van der Waals surface area (Å²) in [6, 6.07) is 2.11. The summed E-state index contributed by atoms with van der Waals surface area (Å²) in [6.45, 7) is 4.24. The van der Waals surface area contributed by atoms with E-state index in [4.69, 9.17) is 0 Å². The fourth-order valence-electron chi connectivity index (χ4n) is 1.27. The quantitative estimate of drug-likeness (QED) is 0.503. The van der Waals surface area contributed by atoms with Crippen LogP contribution in [-0.4, -0.2) is 17.2 Å². The van der Waals surface area contributed by atoms with Gasteiger partial charge in [0.2, 0.25) is 0 Å². The number of fused-ring (bicyclic) bond motifs is 1. The van der Waals surface area contributed by atoms with Gasteiger partial charge >= 0.3 is 87.8 Å². The van der Waals surface area contributed by atoms with E-state index >= 15 is 0 Å². The fraction of sp³-hybridized carbons (Fsp3) is 0.333. The summed E-state index contributed by atoms with van der Waals surface area (Å²) in [5.74, 6) is 0. The second-order valence-corrected chi connectivity index (χ2v) is 5.96. The summed E-state index contributed by atoms with van der Waals surface area (Å²) >= 11 is 0.0789. The van der Waals surface area contributed by atoms with Crippen LogP contribution in [0.3, 0.4) is 0 Å².